The summed E-state index contributed by atoms with van der Waals surface area (Å²) >= 11 is 0. The highest BCUT2D eigenvalue weighted by Gasteiger charge is 2.16. The van der Waals surface area contributed by atoms with Crippen LogP contribution in [0, 0.1) is 6.92 Å². The molecule has 1 heterocycles. The Balaban J connectivity index is 3.36. The van der Waals surface area contributed by atoms with E-state index in [1.165, 1.54) is 5.56 Å². The molecule has 0 aromatic carbocycles. The highest BCUT2D eigenvalue weighted by Crippen LogP contribution is 2.26. The van der Waals surface area contributed by atoms with Gasteiger partial charge in [0.2, 0.25) is 0 Å². The van der Waals surface area contributed by atoms with Crippen LogP contribution in [-0.2, 0) is 6.61 Å². The van der Waals surface area contributed by atoms with Crippen molar-refractivity contribution in [2.24, 2.45) is 0 Å². The lowest BCUT2D eigenvalue weighted by Gasteiger charge is -2.17. The molecule has 0 saturated heterocycles. The van der Waals surface area contributed by atoms with E-state index in [9.17, 15) is 0 Å². The standard InChI is InChI=1S/C12H20N2O/c1-7(2)11-9(5)13-10(6-15)14-12(11)8(3)4/h7-8,15H,6H2,1-5H3. The van der Waals surface area contributed by atoms with Gasteiger partial charge < -0.3 is 5.11 Å². The van der Waals surface area contributed by atoms with E-state index < -0.39 is 0 Å². The summed E-state index contributed by atoms with van der Waals surface area (Å²) in [6.45, 7) is 10.4. The fraction of sp³-hybridized carbons (Fsp3) is 0.667. The largest absolute Gasteiger partial charge is 0.388 e. The maximum Gasteiger partial charge on any atom is 0.154 e. The third kappa shape index (κ3) is 2.53. The monoisotopic (exact) mass is 208 g/mol. The van der Waals surface area contributed by atoms with E-state index in [1.807, 2.05) is 6.92 Å². The Bertz CT molecular complexity index is 346. The molecular weight excluding hydrogens is 188 g/mol. The van der Waals surface area contributed by atoms with E-state index in [2.05, 4.69) is 37.7 Å². The van der Waals surface area contributed by atoms with Crippen LogP contribution < -0.4 is 0 Å². The summed E-state index contributed by atoms with van der Waals surface area (Å²) in [5.74, 6) is 1.32. The van der Waals surface area contributed by atoms with Crippen molar-refractivity contribution in [3.05, 3.63) is 22.8 Å². The van der Waals surface area contributed by atoms with E-state index in [0.717, 1.165) is 11.4 Å². The first-order valence-corrected chi connectivity index (χ1v) is 5.45. The molecule has 0 spiro atoms. The predicted octanol–water partition coefficient (Wildman–Crippen LogP) is 2.52. The summed E-state index contributed by atoms with van der Waals surface area (Å²) in [5, 5.41) is 9.07. The zero-order valence-corrected chi connectivity index (χ0v) is 10.2. The van der Waals surface area contributed by atoms with Crippen molar-refractivity contribution in [1.82, 2.24) is 9.97 Å². The molecule has 1 rings (SSSR count). The minimum Gasteiger partial charge on any atom is -0.388 e. The topological polar surface area (TPSA) is 46.0 Å². The molecule has 0 saturated carbocycles. The summed E-state index contributed by atoms with van der Waals surface area (Å²) in [7, 11) is 0. The number of aromatic nitrogens is 2. The van der Waals surface area contributed by atoms with Crippen molar-refractivity contribution < 1.29 is 5.11 Å². The number of hydrogen-bond donors (Lipinski definition) is 1. The second kappa shape index (κ2) is 4.71. The third-order valence-corrected chi connectivity index (χ3v) is 2.48. The highest BCUT2D eigenvalue weighted by molar-refractivity contribution is 5.30. The van der Waals surface area contributed by atoms with Crippen LogP contribution in [0.4, 0.5) is 0 Å². The fourth-order valence-electron chi connectivity index (χ4n) is 1.89. The van der Waals surface area contributed by atoms with Crippen molar-refractivity contribution in [3.8, 4) is 0 Å². The SMILES string of the molecule is Cc1nc(CO)nc(C(C)C)c1C(C)C. The molecule has 0 atom stereocenters. The van der Waals surface area contributed by atoms with Crippen molar-refractivity contribution in [1.29, 1.82) is 0 Å². The number of aliphatic hydroxyl groups excluding tert-OH is 1. The number of aryl methyl sites for hydroxylation is 1. The van der Waals surface area contributed by atoms with Crippen LogP contribution in [0.2, 0.25) is 0 Å². The lowest BCUT2D eigenvalue weighted by atomic mass is 9.94. The molecule has 0 aliphatic carbocycles. The van der Waals surface area contributed by atoms with Crippen LogP contribution in [0.25, 0.3) is 0 Å². The van der Waals surface area contributed by atoms with Gasteiger partial charge in [-0.05, 0) is 24.3 Å². The molecule has 1 aromatic heterocycles. The Morgan fingerprint density at radius 2 is 1.67 bits per heavy atom. The zero-order valence-electron chi connectivity index (χ0n) is 10.2. The van der Waals surface area contributed by atoms with Crippen molar-refractivity contribution >= 4 is 0 Å². The van der Waals surface area contributed by atoms with Crippen LogP contribution >= 0.6 is 0 Å². The molecule has 1 N–H and O–H groups in total. The van der Waals surface area contributed by atoms with E-state index >= 15 is 0 Å². The fourth-order valence-corrected chi connectivity index (χ4v) is 1.89. The molecule has 3 heteroatoms. The summed E-state index contributed by atoms with van der Waals surface area (Å²) in [5.41, 5.74) is 3.29. The first-order chi connectivity index (χ1) is 6.97. The van der Waals surface area contributed by atoms with Gasteiger partial charge in [0.15, 0.2) is 5.82 Å². The number of nitrogens with zero attached hydrogens (tertiary/aromatic N) is 2. The van der Waals surface area contributed by atoms with Crippen LogP contribution in [0.1, 0.15) is 62.3 Å². The van der Waals surface area contributed by atoms with Crippen LogP contribution in [-0.4, -0.2) is 15.1 Å². The minimum absolute atomic E-state index is 0.0844. The van der Waals surface area contributed by atoms with Crippen LogP contribution in [0.15, 0.2) is 0 Å². The Morgan fingerprint density at radius 3 is 2.07 bits per heavy atom. The molecule has 15 heavy (non-hydrogen) atoms. The molecule has 0 fully saturated rings. The predicted molar refractivity (Wildman–Crippen MR) is 60.9 cm³/mol. The summed E-state index contributed by atoms with van der Waals surface area (Å²) < 4.78 is 0. The second-order valence-corrected chi connectivity index (χ2v) is 4.49. The zero-order chi connectivity index (χ0) is 11.6. The molecule has 0 aliphatic heterocycles. The Labute approximate surface area is 91.6 Å². The molecule has 1 aromatic rings. The van der Waals surface area contributed by atoms with Gasteiger partial charge in [-0.2, -0.15) is 0 Å². The van der Waals surface area contributed by atoms with Gasteiger partial charge in [-0.1, -0.05) is 27.7 Å². The van der Waals surface area contributed by atoms with Gasteiger partial charge in [-0.3, -0.25) is 0 Å². The highest BCUT2D eigenvalue weighted by atomic mass is 16.3. The molecule has 0 amide bonds. The minimum atomic E-state index is -0.0844. The summed E-state index contributed by atoms with van der Waals surface area (Å²) in [6, 6.07) is 0. The smallest absolute Gasteiger partial charge is 0.154 e. The average Bonchev–Trinajstić information content (AvgIpc) is 2.15. The molecule has 0 aliphatic rings. The van der Waals surface area contributed by atoms with Crippen LogP contribution in [0.3, 0.4) is 0 Å². The van der Waals surface area contributed by atoms with Crippen LogP contribution in [0.5, 0.6) is 0 Å². The molecule has 3 nitrogen and oxygen atoms in total. The quantitative estimate of drug-likeness (QED) is 0.830. The molecule has 0 radical (unpaired) electrons. The van der Waals surface area contributed by atoms with Crippen molar-refractivity contribution in [3.63, 3.8) is 0 Å². The Hall–Kier alpha value is -0.960. The lowest BCUT2D eigenvalue weighted by Crippen LogP contribution is -2.10. The van der Waals surface area contributed by atoms with Gasteiger partial charge in [-0.25, -0.2) is 9.97 Å². The first-order valence-electron chi connectivity index (χ1n) is 5.45. The normalized spacial score (nSPS) is 11.5. The van der Waals surface area contributed by atoms with Gasteiger partial charge in [0, 0.05) is 5.69 Å². The first kappa shape index (κ1) is 12.1. The number of rotatable bonds is 3. The van der Waals surface area contributed by atoms with Gasteiger partial charge >= 0.3 is 0 Å². The maximum absolute atomic E-state index is 9.07. The van der Waals surface area contributed by atoms with E-state index in [0.29, 0.717) is 17.7 Å². The average molecular weight is 208 g/mol. The van der Waals surface area contributed by atoms with Gasteiger partial charge in [-0.15, -0.1) is 0 Å². The third-order valence-electron chi connectivity index (χ3n) is 2.48. The van der Waals surface area contributed by atoms with Gasteiger partial charge in [0.05, 0.1) is 5.69 Å². The lowest BCUT2D eigenvalue weighted by molar-refractivity contribution is 0.270. The molecule has 84 valence electrons. The Morgan fingerprint density at radius 1 is 1.07 bits per heavy atom. The van der Waals surface area contributed by atoms with Gasteiger partial charge in [0.1, 0.15) is 6.61 Å². The van der Waals surface area contributed by atoms with Crippen molar-refractivity contribution in [2.45, 2.75) is 53.1 Å². The van der Waals surface area contributed by atoms with Gasteiger partial charge in [0.25, 0.3) is 0 Å². The molecule has 0 unspecified atom stereocenters. The van der Waals surface area contributed by atoms with E-state index in [1.54, 1.807) is 0 Å². The molecule has 0 bridgehead atoms. The second-order valence-electron chi connectivity index (χ2n) is 4.49. The Kier molecular flexibility index (Phi) is 3.80. The van der Waals surface area contributed by atoms with Crippen molar-refractivity contribution in [2.75, 3.05) is 0 Å². The summed E-state index contributed by atoms with van der Waals surface area (Å²) in [6.07, 6.45) is 0. The van der Waals surface area contributed by atoms with E-state index in [-0.39, 0.29) is 6.61 Å². The maximum atomic E-state index is 9.07. The van der Waals surface area contributed by atoms with E-state index in [4.69, 9.17) is 5.11 Å². The summed E-state index contributed by atoms with van der Waals surface area (Å²) in [4.78, 5) is 8.71. The number of hydrogen-bond acceptors (Lipinski definition) is 3. The number of aliphatic hydroxyl groups is 1. The molecular formula is C12H20N2O.